The van der Waals surface area contributed by atoms with E-state index in [0.717, 1.165) is 17.5 Å². The zero-order valence-electron chi connectivity index (χ0n) is 19.4. The van der Waals surface area contributed by atoms with Gasteiger partial charge in [0.25, 0.3) is 5.91 Å². The minimum atomic E-state index is -0.643. The van der Waals surface area contributed by atoms with Gasteiger partial charge in [-0.05, 0) is 35.6 Å². The lowest BCUT2D eigenvalue weighted by molar-refractivity contribution is -0.123. The number of hydrogen-bond donors (Lipinski definition) is 3. The predicted molar refractivity (Wildman–Crippen MR) is 122 cm³/mol. The molecule has 0 aliphatic rings. The Morgan fingerprint density at radius 1 is 1.09 bits per heavy atom. The minimum absolute atomic E-state index is 0.0234. The van der Waals surface area contributed by atoms with Gasteiger partial charge >= 0.3 is 6.09 Å². The molecule has 0 radical (unpaired) electrons. The summed E-state index contributed by atoms with van der Waals surface area (Å²) in [5, 5.41) is 8.06. The van der Waals surface area contributed by atoms with Crippen molar-refractivity contribution in [3.63, 3.8) is 0 Å². The van der Waals surface area contributed by atoms with Gasteiger partial charge < -0.3 is 25.1 Å². The molecule has 2 atom stereocenters. The van der Waals surface area contributed by atoms with E-state index < -0.39 is 18.0 Å². The van der Waals surface area contributed by atoms with E-state index in [2.05, 4.69) is 16.0 Å². The molecule has 0 spiro atoms. The molecule has 3 amide bonds. The van der Waals surface area contributed by atoms with Crippen molar-refractivity contribution in [3.8, 4) is 11.3 Å². The largest absolute Gasteiger partial charge is 0.451 e. The van der Waals surface area contributed by atoms with Gasteiger partial charge in [-0.3, -0.25) is 9.59 Å². The van der Waals surface area contributed by atoms with Crippen molar-refractivity contribution < 1.29 is 23.5 Å². The molecule has 2 rings (SSSR count). The van der Waals surface area contributed by atoms with Crippen molar-refractivity contribution in [2.24, 2.45) is 11.8 Å². The number of furan rings is 1. The third-order valence-corrected chi connectivity index (χ3v) is 5.05. The van der Waals surface area contributed by atoms with E-state index in [1.807, 2.05) is 52.0 Å². The number of likely N-dealkylation sites (N-methyl/N-ethyl adjacent to an activating group) is 1. The number of alkyl carbamates (subject to hydrolysis) is 1. The number of nitrogens with one attached hydrogen (secondary N) is 3. The molecule has 0 bridgehead atoms. The first kappa shape index (κ1) is 25.0. The molecular weight excluding hydrogens is 410 g/mol. The summed E-state index contributed by atoms with van der Waals surface area (Å²) in [6, 6.07) is 10.1. The molecule has 0 fully saturated rings. The quantitative estimate of drug-likeness (QED) is 0.518. The Balaban J connectivity index is 2.05. The molecule has 2 aromatic rings. The number of ether oxygens (including phenoxy) is 1. The van der Waals surface area contributed by atoms with E-state index in [1.165, 1.54) is 0 Å². The summed E-state index contributed by atoms with van der Waals surface area (Å²) in [7, 11) is 1.54. The molecular formula is C24H33N3O5. The highest BCUT2D eigenvalue weighted by molar-refractivity contribution is 5.96. The Morgan fingerprint density at radius 2 is 1.84 bits per heavy atom. The number of carbonyl (C=O) groups is 3. The van der Waals surface area contributed by atoms with Gasteiger partial charge in [-0.15, -0.1) is 0 Å². The standard InChI is InChI=1S/C24H33N3O5/c1-6-16(4)21(23(29)25-5)27-22(28)20-11-10-19(32-20)18-9-7-8-17(12-18)13-26-24(30)31-14-15(2)3/h7-12,15-16,21H,6,13-14H2,1-5H3,(H,25,29)(H,26,30)(H,27,28)/t16-,21?/m1/s1. The highest BCUT2D eigenvalue weighted by Gasteiger charge is 2.26. The fourth-order valence-electron chi connectivity index (χ4n) is 2.99. The van der Waals surface area contributed by atoms with Crippen LogP contribution in [-0.2, 0) is 16.1 Å². The van der Waals surface area contributed by atoms with E-state index >= 15 is 0 Å². The van der Waals surface area contributed by atoms with Crippen molar-refractivity contribution in [2.75, 3.05) is 13.7 Å². The minimum Gasteiger partial charge on any atom is -0.451 e. The van der Waals surface area contributed by atoms with Gasteiger partial charge in [-0.25, -0.2) is 4.79 Å². The fraction of sp³-hybridized carbons (Fsp3) is 0.458. The Hall–Kier alpha value is -3.29. The summed E-state index contributed by atoms with van der Waals surface area (Å²) in [6.07, 6.45) is 0.279. The summed E-state index contributed by atoms with van der Waals surface area (Å²) in [4.78, 5) is 36.5. The summed E-state index contributed by atoms with van der Waals surface area (Å²) < 4.78 is 10.9. The Labute approximate surface area is 189 Å². The molecule has 8 heteroatoms. The third-order valence-electron chi connectivity index (χ3n) is 5.05. The van der Waals surface area contributed by atoms with Gasteiger partial charge in [-0.1, -0.05) is 52.3 Å². The lowest BCUT2D eigenvalue weighted by Gasteiger charge is -2.22. The first-order valence-electron chi connectivity index (χ1n) is 10.9. The Bertz CT molecular complexity index is 922. The van der Waals surface area contributed by atoms with Crippen LogP contribution in [0.4, 0.5) is 4.79 Å². The lowest BCUT2D eigenvalue weighted by atomic mass is 9.98. The smallest absolute Gasteiger partial charge is 0.407 e. The van der Waals surface area contributed by atoms with E-state index in [1.54, 1.807) is 19.2 Å². The first-order valence-corrected chi connectivity index (χ1v) is 10.9. The van der Waals surface area contributed by atoms with Gasteiger partial charge in [0.05, 0.1) is 6.61 Å². The van der Waals surface area contributed by atoms with Crippen molar-refractivity contribution in [2.45, 2.75) is 46.7 Å². The summed E-state index contributed by atoms with van der Waals surface area (Å²) in [6.45, 7) is 8.48. The first-order chi connectivity index (χ1) is 15.2. The second-order valence-electron chi connectivity index (χ2n) is 8.16. The Morgan fingerprint density at radius 3 is 2.50 bits per heavy atom. The molecule has 3 N–H and O–H groups in total. The maximum absolute atomic E-state index is 12.6. The lowest BCUT2D eigenvalue weighted by Crippen LogP contribution is -2.49. The second-order valence-corrected chi connectivity index (χ2v) is 8.16. The third kappa shape index (κ3) is 7.14. The monoisotopic (exact) mass is 443 g/mol. The van der Waals surface area contributed by atoms with Crippen LogP contribution in [0.15, 0.2) is 40.8 Å². The van der Waals surface area contributed by atoms with Crippen LogP contribution in [0.25, 0.3) is 11.3 Å². The molecule has 0 saturated heterocycles. The highest BCUT2D eigenvalue weighted by atomic mass is 16.5. The van der Waals surface area contributed by atoms with Crippen molar-refractivity contribution in [1.82, 2.24) is 16.0 Å². The molecule has 8 nitrogen and oxygen atoms in total. The Kier molecular flexibility index (Phi) is 9.31. The van der Waals surface area contributed by atoms with Gasteiger partial charge in [0.15, 0.2) is 5.76 Å². The van der Waals surface area contributed by atoms with Crippen molar-refractivity contribution >= 4 is 17.9 Å². The van der Waals surface area contributed by atoms with Crippen LogP contribution in [0.1, 0.15) is 50.2 Å². The maximum Gasteiger partial charge on any atom is 0.407 e. The topological polar surface area (TPSA) is 110 Å². The average Bonchev–Trinajstić information content (AvgIpc) is 3.29. The van der Waals surface area contributed by atoms with Gasteiger partial charge in [0.2, 0.25) is 5.91 Å². The molecule has 0 saturated carbocycles. The SMILES string of the molecule is CC[C@@H](C)C(NC(=O)c1ccc(-c2cccc(CNC(=O)OCC(C)C)c2)o1)C(=O)NC. The molecule has 0 aliphatic carbocycles. The number of benzene rings is 1. The van der Waals surface area contributed by atoms with Crippen LogP contribution < -0.4 is 16.0 Å². The van der Waals surface area contributed by atoms with Crippen LogP contribution in [0.2, 0.25) is 0 Å². The number of carbonyl (C=O) groups excluding carboxylic acids is 3. The summed E-state index contributed by atoms with van der Waals surface area (Å²) in [5.74, 6) is 0.191. The van der Waals surface area contributed by atoms with Crippen LogP contribution in [0, 0.1) is 11.8 Å². The maximum atomic E-state index is 12.6. The van der Waals surface area contributed by atoms with Crippen LogP contribution in [-0.4, -0.2) is 37.6 Å². The number of hydrogen-bond acceptors (Lipinski definition) is 5. The normalized spacial score (nSPS) is 12.7. The number of rotatable bonds is 10. The van der Waals surface area contributed by atoms with Gasteiger partial charge in [0.1, 0.15) is 11.8 Å². The summed E-state index contributed by atoms with van der Waals surface area (Å²) >= 11 is 0. The molecule has 1 unspecified atom stereocenters. The van der Waals surface area contributed by atoms with Gasteiger partial charge in [-0.2, -0.15) is 0 Å². The van der Waals surface area contributed by atoms with E-state index in [9.17, 15) is 14.4 Å². The zero-order chi connectivity index (χ0) is 23.7. The van der Waals surface area contributed by atoms with E-state index in [4.69, 9.17) is 9.15 Å². The average molecular weight is 444 g/mol. The fourth-order valence-corrected chi connectivity index (χ4v) is 2.99. The number of amides is 3. The molecule has 1 heterocycles. The highest BCUT2D eigenvalue weighted by Crippen LogP contribution is 2.23. The summed E-state index contributed by atoms with van der Waals surface area (Å²) in [5.41, 5.74) is 1.63. The van der Waals surface area contributed by atoms with Crippen LogP contribution >= 0.6 is 0 Å². The van der Waals surface area contributed by atoms with E-state index in [0.29, 0.717) is 18.9 Å². The van der Waals surface area contributed by atoms with E-state index in [-0.39, 0.29) is 23.5 Å². The molecule has 0 aliphatic heterocycles. The molecule has 1 aromatic heterocycles. The predicted octanol–water partition coefficient (Wildman–Crippen LogP) is 3.72. The van der Waals surface area contributed by atoms with Crippen LogP contribution in [0.5, 0.6) is 0 Å². The van der Waals surface area contributed by atoms with Gasteiger partial charge in [0, 0.05) is 19.2 Å². The van der Waals surface area contributed by atoms with Crippen LogP contribution in [0.3, 0.4) is 0 Å². The molecule has 1 aromatic carbocycles. The second kappa shape index (κ2) is 11.9. The molecule has 32 heavy (non-hydrogen) atoms. The van der Waals surface area contributed by atoms with Crippen molar-refractivity contribution in [3.05, 3.63) is 47.7 Å². The zero-order valence-corrected chi connectivity index (χ0v) is 19.4. The molecule has 174 valence electrons. The van der Waals surface area contributed by atoms with Crippen molar-refractivity contribution in [1.29, 1.82) is 0 Å².